The van der Waals surface area contributed by atoms with Gasteiger partial charge in [0.15, 0.2) is 0 Å². The van der Waals surface area contributed by atoms with E-state index in [1.807, 2.05) is 20.8 Å². The van der Waals surface area contributed by atoms with E-state index in [1.54, 1.807) is 19.1 Å². The van der Waals surface area contributed by atoms with Gasteiger partial charge in [0.2, 0.25) is 0 Å². The Kier molecular flexibility index (Phi) is 3.50. The summed E-state index contributed by atoms with van der Waals surface area (Å²) < 4.78 is 13.2. The molecule has 0 bridgehead atoms. The summed E-state index contributed by atoms with van der Waals surface area (Å²) in [5.74, 6) is -0.214. The highest BCUT2D eigenvalue weighted by atomic mass is 19.1. The highest BCUT2D eigenvalue weighted by Gasteiger charge is 2.24. The van der Waals surface area contributed by atoms with Crippen molar-refractivity contribution in [3.05, 3.63) is 35.1 Å². The standard InChI is InChI=1S/C13H19FO/c1-9-5-6-11(14)7-12(9)13(3,4)8-10(2)15/h5-7,10,15H,8H2,1-4H3. The Bertz CT molecular complexity index is 342. The third-order valence-corrected chi connectivity index (χ3v) is 2.73. The molecular formula is C13H19FO. The van der Waals surface area contributed by atoms with Gasteiger partial charge in [0.1, 0.15) is 5.82 Å². The van der Waals surface area contributed by atoms with Gasteiger partial charge in [0, 0.05) is 0 Å². The van der Waals surface area contributed by atoms with Crippen LogP contribution in [-0.2, 0) is 5.41 Å². The predicted molar refractivity (Wildman–Crippen MR) is 60.5 cm³/mol. The van der Waals surface area contributed by atoms with Gasteiger partial charge in [0.05, 0.1) is 6.10 Å². The normalized spacial score (nSPS) is 14.0. The second-order valence-electron chi connectivity index (χ2n) is 4.90. The minimum Gasteiger partial charge on any atom is -0.393 e. The lowest BCUT2D eigenvalue weighted by atomic mass is 9.78. The molecule has 0 radical (unpaired) electrons. The summed E-state index contributed by atoms with van der Waals surface area (Å²) in [5, 5.41) is 9.42. The summed E-state index contributed by atoms with van der Waals surface area (Å²) in [6.45, 7) is 7.79. The molecule has 0 aliphatic heterocycles. The zero-order chi connectivity index (χ0) is 11.6. The van der Waals surface area contributed by atoms with Crippen LogP contribution in [0.25, 0.3) is 0 Å². The lowest BCUT2D eigenvalue weighted by Gasteiger charge is -2.28. The van der Waals surface area contributed by atoms with E-state index in [0.717, 1.165) is 11.1 Å². The molecule has 1 aromatic rings. The van der Waals surface area contributed by atoms with Crippen LogP contribution in [0.5, 0.6) is 0 Å². The lowest BCUT2D eigenvalue weighted by Crippen LogP contribution is -2.24. The molecule has 1 atom stereocenters. The largest absolute Gasteiger partial charge is 0.393 e. The summed E-state index contributed by atoms with van der Waals surface area (Å²) in [7, 11) is 0. The molecule has 0 aliphatic rings. The second kappa shape index (κ2) is 4.31. The summed E-state index contributed by atoms with van der Waals surface area (Å²) in [6, 6.07) is 4.82. The van der Waals surface area contributed by atoms with E-state index in [-0.39, 0.29) is 17.3 Å². The van der Waals surface area contributed by atoms with Gasteiger partial charge in [-0.15, -0.1) is 0 Å². The highest BCUT2D eigenvalue weighted by Crippen LogP contribution is 2.31. The van der Waals surface area contributed by atoms with Gasteiger partial charge in [-0.1, -0.05) is 19.9 Å². The van der Waals surface area contributed by atoms with Crippen LogP contribution in [0.15, 0.2) is 18.2 Å². The van der Waals surface area contributed by atoms with Crippen LogP contribution in [0.4, 0.5) is 4.39 Å². The van der Waals surface area contributed by atoms with Crippen molar-refractivity contribution in [1.82, 2.24) is 0 Å². The first kappa shape index (κ1) is 12.2. The number of aliphatic hydroxyl groups excluding tert-OH is 1. The van der Waals surface area contributed by atoms with Crippen LogP contribution in [-0.4, -0.2) is 11.2 Å². The Hall–Kier alpha value is -0.890. The predicted octanol–water partition coefficient (Wildman–Crippen LogP) is 3.18. The van der Waals surface area contributed by atoms with Gasteiger partial charge in [-0.25, -0.2) is 4.39 Å². The molecule has 1 rings (SSSR count). The van der Waals surface area contributed by atoms with Crippen LogP contribution < -0.4 is 0 Å². The van der Waals surface area contributed by atoms with Gasteiger partial charge >= 0.3 is 0 Å². The number of hydrogen-bond acceptors (Lipinski definition) is 1. The average molecular weight is 210 g/mol. The Morgan fingerprint density at radius 3 is 2.53 bits per heavy atom. The zero-order valence-corrected chi connectivity index (χ0v) is 9.84. The Labute approximate surface area is 90.9 Å². The molecule has 2 heteroatoms. The molecule has 1 unspecified atom stereocenters. The molecule has 0 aromatic heterocycles. The van der Waals surface area contributed by atoms with E-state index < -0.39 is 0 Å². The third-order valence-electron chi connectivity index (χ3n) is 2.73. The van der Waals surface area contributed by atoms with Crippen molar-refractivity contribution in [2.45, 2.75) is 45.6 Å². The van der Waals surface area contributed by atoms with E-state index in [2.05, 4.69) is 0 Å². The van der Waals surface area contributed by atoms with Gasteiger partial charge in [-0.3, -0.25) is 0 Å². The van der Waals surface area contributed by atoms with E-state index in [1.165, 1.54) is 6.07 Å². The maximum Gasteiger partial charge on any atom is 0.123 e. The smallest absolute Gasteiger partial charge is 0.123 e. The number of aliphatic hydroxyl groups is 1. The van der Waals surface area contributed by atoms with Crippen molar-refractivity contribution in [2.75, 3.05) is 0 Å². The number of rotatable bonds is 3. The number of benzene rings is 1. The molecule has 0 amide bonds. The van der Waals surface area contributed by atoms with E-state index in [0.29, 0.717) is 6.42 Å². The lowest BCUT2D eigenvalue weighted by molar-refractivity contribution is 0.156. The molecular weight excluding hydrogens is 191 g/mol. The molecule has 15 heavy (non-hydrogen) atoms. The quantitative estimate of drug-likeness (QED) is 0.812. The summed E-state index contributed by atoms with van der Waals surface area (Å²) in [6.07, 6.45) is 0.264. The van der Waals surface area contributed by atoms with Crippen LogP contribution in [0.1, 0.15) is 38.3 Å². The van der Waals surface area contributed by atoms with Crippen molar-refractivity contribution < 1.29 is 9.50 Å². The van der Waals surface area contributed by atoms with Crippen molar-refractivity contribution in [1.29, 1.82) is 0 Å². The fraction of sp³-hybridized carbons (Fsp3) is 0.538. The first-order chi connectivity index (χ1) is 6.83. The Morgan fingerprint density at radius 1 is 1.40 bits per heavy atom. The van der Waals surface area contributed by atoms with Gasteiger partial charge in [-0.05, 0) is 48.9 Å². The molecule has 0 saturated heterocycles. The first-order valence-electron chi connectivity index (χ1n) is 5.27. The minimum atomic E-state index is -0.373. The SMILES string of the molecule is Cc1ccc(F)cc1C(C)(C)CC(C)O. The molecule has 0 saturated carbocycles. The van der Waals surface area contributed by atoms with E-state index in [9.17, 15) is 9.50 Å². The summed E-state index contributed by atoms with van der Waals surface area (Å²) in [5.41, 5.74) is 1.85. The fourth-order valence-corrected chi connectivity index (χ4v) is 2.17. The number of halogens is 1. The van der Waals surface area contributed by atoms with Crippen LogP contribution in [0, 0.1) is 12.7 Å². The molecule has 84 valence electrons. The third kappa shape index (κ3) is 3.03. The van der Waals surface area contributed by atoms with Gasteiger partial charge < -0.3 is 5.11 Å². The Morgan fingerprint density at radius 2 is 2.00 bits per heavy atom. The van der Waals surface area contributed by atoms with E-state index in [4.69, 9.17) is 0 Å². The van der Waals surface area contributed by atoms with Gasteiger partial charge in [0.25, 0.3) is 0 Å². The van der Waals surface area contributed by atoms with Crippen molar-refractivity contribution >= 4 is 0 Å². The summed E-state index contributed by atoms with van der Waals surface area (Å²) >= 11 is 0. The molecule has 0 heterocycles. The molecule has 0 fully saturated rings. The van der Waals surface area contributed by atoms with Crippen molar-refractivity contribution in [3.63, 3.8) is 0 Å². The second-order valence-corrected chi connectivity index (χ2v) is 4.90. The van der Waals surface area contributed by atoms with E-state index >= 15 is 0 Å². The summed E-state index contributed by atoms with van der Waals surface area (Å²) in [4.78, 5) is 0. The minimum absolute atomic E-state index is 0.194. The number of aryl methyl sites for hydroxylation is 1. The maximum absolute atomic E-state index is 13.2. The molecule has 1 nitrogen and oxygen atoms in total. The first-order valence-corrected chi connectivity index (χ1v) is 5.27. The van der Waals surface area contributed by atoms with Gasteiger partial charge in [-0.2, -0.15) is 0 Å². The highest BCUT2D eigenvalue weighted by molar-refractivity contribution is 5.32. The average Bonchev–Trinajstić information content (AvgIpc) is 2.06. The fourth-order valence-electron chi connectivity index (χ4n) is 2.17. The Balaban J connectivity index is 3.08. The zero-order valence-electron chi connectivity index (χ0n) is 9.84. The number of hydrogen-bond donors (Lipinski definition) is 1. The van der Waals surface area contributed by atoms with Crippen molar-refractivity contribution in [2.24, 2.45) is 0 Å². The molecule has 0 spiro atoms. The maximum atomic E-state index is 13.2. The topological polar surface area (TPSA) is 20.2 Å². The van der Waals surface area contributed by atoms with Crippen LogP contribution in [0.2, 0.25) is 0 Å². The van der Waals surface area contributed by atoms with Crippen LogP contribution >= 0.6 is 0 Å². The molecule has 1 N–H and O–H groups in total. The molecule has 0 aliphatic carbocycles. The van der Waals surface area contributed by atoms with Crippen molar-refractivity contribution in [3.8, 4) is 0 Å². The molecule has 1 aromatic carbocycles. The monoisotopic (exact) mass is 210 g/mol. The van der Waals surface area contributed by atoms with Crippen LogP contribution in [0.3, 0.4) is 0 Å².